The molecule has 196 valence electrons. The maximum absolute atomic E-state index is 12.5. The Labute approximate surface area is 208 Å². The van der Waals surface area contributed by atoms with Gasteiger partial charge in [0.05, 0.1) is 19.8 Å². The van der Waals surface area contributed by atoms with Gasteiger partial charge in [0.15, 0.2) is 12.6 Å². The number of benzene rings is 1. The molecule has 1 aliphatic carbocycles. The Balaban J connectivity index is 1.91. The zero-order valence-electron chi connectivity index (χ0n) is 21.9. The average Bonchev–Trinajstić information content (AvgIpc) is 3.15. The fourth-order valence-electron chi connectivity index (χ4n) is 5.87. The average molecular weight is 493 g/mol. The summed E-state index contributed by atoms with van der Waals surface area (Å²) in [6.07, 6.45) is 3.44. The zero-order chi connectivity index (χ0) is 25.6. The van der Waals surface area contributed by atoms with Gasteiger partial charge in [0.1, 0.15) is 30.4 Å². The minimum atomic E-state index is -0.866. The highest BCUT2D eigenvalue weighted by molar-refractivity contribution is 5.60. The molecule has 2 aliphatic rings. The monoisotopic (exact) mass is 492 g/mol. The smallest absolute Gasteiger partial charge is 0.163 e. The van der Waals surface area contributed by atoms with Crippen LogP contribution in [0.4, 0.5) is 0 Å². The van der Waals surface area contributed by atoms with Crippen molar-refractivity contribution in [3.05, 3.63) is 42.0 Å². The number of carbonyl (C=O) groups excluding carboxylic acids is 1. The SMILES string of the molecule is C/C=C\[C@H](OC)[C@@H](OCOC)[C@@H]1[C@@H](OC)O[C@]2([C@@H](C=O)OCc3ccc(OC)cc3)[C@H]1CC2(C)C. The van der Waals surface area contributed by atoms with Crippen LogP contribution in [0.3, 0.4) is 0 Å². The maximum Gasteiger partial charge on any atom is 0.163 e. The van der Waals surface area contributed by atoms with Crippen LogP contribution in [0, 0.1) is 17.3 Å². The summed E-state index contributed by atoms with van der Waals surface area (Å²) in [5, 5.41) is 0. The molecule has 8 nitrogen and oxygen atoms in total. The van der Waals surface area contributed by atoms with Crippen molar-refractivity contribution in [2.45, 2.75) is 64.0 Å². The molecular formula is C27H40O8. The fraction of sp³-hybridized carbons (Fsp3) is 0.667. The summed E-state index contributed by atoms with van der Waals surface area (Å²) in [7, 11) is 6.47. The summed E-state index contributed by atoms with van der Waals surface area (Å²) in [5.41, 5.74) is -0.242. The van der Waals surface area contributed by atoms with E-state index in [1.165, 1.54) is 0 Å². The third-order valence-corrected chi connectivity index (χ3v) is 7.53. The van der Waals surface area contributed by atoms with Gasteiger partial charge in [0.2, 0.25) is 0 Å². The lowest BCUT2D eigenvalue weighted by atomic mass is 9.48. The first kappa shape index (κ1) is 27.8. The molecule has 1 saturated heterocycles. The minimum absolute atomic E-state index is 0.0433. The Morgan fingerprint density at radius 1 is 1.11 bits per heavy atom. The summed E-state index contributed by atoms with van der Waals surface area (Å²) in [6, 6.07) is 7.59. The number of carbonyl (C=O) groups is 1. The van der Waals surface area contributed by atoms with Gasteiger partial charge in [-0.3, -0.25) is 0 Å². The van der Waals surface area contributed by atoms with E-state index >= 15 is 0 Å². The van der Waals surface area contributed by atoms with E-state index in [1.54, 1.807) is 28.4 Å². The van der Waals surface area contributed by atoms with Crippen molar-refractivity contribution in [3.8, 4) is 5.75 Å². The van der Waals surface area contributed by atoms with Gasteiger partial charge in [-0.2, -0.15) is 0 Å². The van der Waals surface area contributed by atoms with Gasteiger partial charge in [-0.05, 0) is 36.5 Å². The second-order valence-corrected chi connectivity index (χ2v) is 9.77. The van der Waals surface area contributed by atoms with Crippen molar-refractivity contribution in [3.63, 3.8) is 0 Å². The van der Waals surface area contributed by atoms with Crippen LogP contribution in [-0.2, 0) is 39.8 Å². The highest BCUT2D eigenvalue weighted by atomic mass is 16.7. The summed E-state index contributed by atoms with van der Waals surface area (Å²) < 4.78 is 41.1. The highest BCUT2D eigenvalue weighted by Crippen LogP contribution is 2.66. The van der Waals surface area contributed by atoms with Crippen LogP contribution in [0.5, 0.6) is 5.75 Å². The predicted octanol–water partition coefficient (Wildman–Crippen LogP) is 3.76. The minimum Gasteiger partial charge on any atom is -0.497 e. The Morgan fingerprint density at radius 2 is 1.83 bits per heavy atom. The number of methoxy groups -OCH3 is 4. The molecular weight excluding hydrogens is 452 g/mol. The molecule has 0 radical (unpaired) electrons. The number of ether oxygens (including phenoxy) is 7. The van der Waals surface area contributed by atoms with Crippen molar-refractivity contribution < 1.29 is 38.0 Å². The lowest BCUT2D eigenvalue weighted by Crippen LogP contribution is -2.69. The standard InChI is InChI=1S/C27H40O8/c1-8-9-21(31-6)24(34-17-29-4)23-20-14-26(2,3)27(20,35-25(23)32-7)22(15-28)33-16-18-10-12-19(30-5)13-11-18/h8-13,15,20-25H,14,16-17H2,1-7H3/b9-8-/t20-,21-,22+,23+,24+,25-,27-/m0/s1. The molecule has 0 spiro atoms. The molecule has 1 aliphatic heterocycles. The molecule has 1 heterocycles. The van der Waals surface area contributed by atoms with E-state index in [0.717, 1.165) is 24.0 Å². The van der Waals surface area contributed by atoms with Crippen LogP contribution in [0.2, 0.25) is 0 Å². The Bertz CT molecular complexity index is 838. The molecule has 0 amide bonds. The molecule has 0 bridgehead atoms. The van der Waals surface area contributed by atoms with Crippen molar-refractivity contribution in [2.24, 2.45) is 17.3 Å². The largest absolute Gasteiger partial charge is 0.497 e. The Morgan fingerprint density at radius 3 is 2.34 bits per heavy atom. The fourth-order valence-corrected chi connectivity index (χ4v) is 5.87. The molecule has 0 aromatic heterocycles. The molecule has 1 saturated carbocycles. The molecule has 3 rings (SSSR count). The van der Waals surface area contributed by atoms with E-state index < -0.39 is 24.1 Å². The van der Waals surface area contributed by atoms with Gasteiger partial charge in [0, 0.05) is 33.2 Å². The Kier molecular flexibility index (Phi) is 9.48. The lowest BCUT2D eigenvalue weighted by molar-refractivity contribution is -0.277. The summed E-state index contributed by atoms with van der Waals surface area (Å²) >= 11 is 0. The van der Waals surface area contributed by atoms with Crippen molar-refractivity contribution in [1.29, 1.82) is 0 Å². The van der Waals surface area contributed by atoms with Crippen LogP contribution in [0.25, 0.3) is 0 Å². The summed E-state index contributed by atoms with van der Waals surface area (Å²) in [4.78, 5) is 12.5. The molecule has 7 atom stereocenters. The second kappa shape index (κ2) is 12.0. The summed E-state index contributed by atoms with van der Waals surface area (Å²) in [5.74, 6) is 0.523. The normalized spacial score (nSPS) is 29.9. The van der Waals surface area contributed by atoms with Gasteiger partial charge in [0.25, 0.3) is 0 Å². The van der Waals surface area contributed by atoms with E-state index in [-0.39, 0.29) is 36.8 Å². The van der Waals surface area contributed by atoms with Gasteiger partial charge in [-0.15, -0.1) is 0 Å². The van der Waals surface area contributed by atoms with Gasteiger partial charge in [-0.25, -0.2) is 0 Å². The molecule has 1 aromatic carbocycles. The van der Waals surface area contributed by atoms with E-state index in [1.807, 2.05) is 43.3 Å². The zero-order valence-corrected chi connectivity index (χ0v) is 21.9. The van der Waals surface area contributed by atoms with E-state index in [0.29, 0.717) is 0 Å². The second-order valence-electron chi connectivity index (χ2n) is 9.77. The van der Waals surface area contributed by atoms with Crippen LogP contribution in [0.1, 0.15) is 32.8 Å². The summed E-state index contributed by atoms with van der Waals surface area (Å²) in [6.45, 7) is 6.52. The topological polar surface area (TPSA) is 81.7 Å². The predicted molar refractivity (Wildman–Crippen MR) is 130 cm³/mol. The van der Waals surface area contributed by atoms with Crippen molar-refractivity contribution in [1.82, 2.24) is 0 Å². The number of allylic oxidation sites excluding steroid dienone is 1. The maximum atomic E-state index is 12.5. The first-order valence-electron chi connectivity index (χ1n) is 12.0. The van der Waals surface area contributed by atoms with Crippen molar-refractivity contribution in [2.75, 3.05) is 35.2 Å². The molecule has 0 unspecified atom stereocenters. The number of fused-ring (bicyclic) bond motifs is 1. The van der Waals surface area contributed by atoms with E-state index in [9.17, 15) is 4.79 Å². The third kappa shape index (κ3) is 5.19. The van der Waals surface area contributed by atoms with E-state index in [4.69, 9.17) is 33.2 Å². The van der Waals surface area contributed by atoms with Gasteiger partial charge < -0.3 is 38.0 Å². The molecule has 2 fully saturated rings. The number of hydrogen-bond acceptors (Lipinski definition) is 8. The number of rotatable bonds is 14. The Hall–Kier alpha value is -1.81. The van der Waals surface area contributed by atoms with Gasteiger partial charge in [-0.1, -0.05) is 38.1 Å². The van der Waals surface area contributed by atoms with Crippen LogP contribution in [0.15, 0.2) is 36.4 Å². The van der Waals surface area contributed by atoms with E-state index in [2.05, 4.69) is 13.8 Å². The molecule has 1 aromatic rings. The quantitative estimate of drug-likeness (QED) is 0.221. The van der Waals surface area contributed by atoms with Crippen LogP contribution < -0.4 is 4.74 Å². The molecule has 35 heavy (non-hydrogen) atoms. The molecule has 0 N–H and O–H groups in total. The molecule has 8 heteroatoms. The number of hydrogen-bond donors (Lipinski definition) is 0. The first-order chi connectivity index (χ1) is 16.8. The number of aldehydes is 1. The lowest BCUT2D eigenvalue weighted by Gasteiger charge is -2.60. The third-order valence-electron chi connectivity index (χ3n) is 7.53. The highest BCUT2D eigenvalue weighted by Gasteiger charge is 2.74. The van der Waals surface area contributed by atoms with Crippen LogP contribution in [-0.4, -0.2) is 71.7 Å². The van der Waals surface area contributed by atoms with Crippen LogP contribution >= 0.6 is 0 Å². The first-order valence-corrected chi connectivity index (χ1v) is 12.0. The van der Waals surface area contributed by atoms with Crippen molar-refractivity contribution >= 4 is 6.29 Å². The van der Waals surface area contributed by atoms with Gasteiger partial charge >= 0.3 is 0 Å².